The van der Waals surface area contributed by atoms with Gasteiger partial charge in [0, 0.05) is 18.8 Å². The van der Waals surface area contributed by atoms with E-state index in [1.165, 1.54) is 49.3 Å². The summed E-state index contributed by atoms with van der Waals surface area (Å²) in [6.45, 7) is 4.85. The fourth-order valence-electron chi connectivity index (χ4n) is 3.66. The smallest absolute Gasteiger partial charge is 0.279 e. The number of quaternary nitrogens is 1. The van der Waals surface area contributed by atoms with Gasteiger partial charge in [-0.15, -0.1) is 0 Å². The highest BCUT2D eigenvalue weighted by molar-refractivity contribution is 7.89. The van der Waals surface area contributed by atoms with Crippen LogP contribution in [0.1, 0.15) is 58.8 Å². The van der Waals surface area contributed by atoms with Crippen molar-refractivity contribution in [2.45, 2.75) is 69.7 Å². The number of rotatable bonds is 8. The highest BCUT2D eigenvalue weighted by Gasteiger charge is 2.22. The van der Waals surface area contributed by atoms with E-state index in [9.17, 15) is 13.2 Å². The zero-order chi connectivity index (χ0) is 19.7. The van der Waals surface area contributed by atoms with Crippen molar-refractivity contribution in [3.05, 3.63) is 24.3 Å². The van der Waals surface area contributed by atoms with E-state index in [-0.39, 0.29) is 10.8 Å². The van der Waals surface area contributed by atoms with Gasteiger partial charge in [-0.25, -0.2) is 8.42 Å². The monoisotopic (exact) mass is 396 g/mol. The molecule has 1 aliphatic carbocycles. The van der Waals surface area contributed by atoms with Crippen LogP contribution >= 0.6 is 0 Å². The molecule has 2 rings (SSSR count). The van der Waals surface area contributed by atoms with Gasteiger partial charge in [-0.05, 0) is 43.9 Å². The number of carbonyl (C=O) groups is 1. The molecular weight excluding hydrogens is 362 g/mol. The minimum absolute atomic E-state index is 0.0885. The van der Waals surface area contributed by atoms with E-state index < -0.39 is 10.0 Å². The first-order chi connectivity index (χ1) is 13.0. The van der Waals surface area contributed by atoms with Gasteiger partial charge in [-0.3, -0.25) is 4.79 Å². The number of hydrogen-bond acceptors (Lipinski definition) is 3. The minimum Gasteiger partial charge on any atom is -0.336 e. The van der Waals surface area contributed by atoms with Crippen LogP contribution in [-0.2, 0) is 14.8 Å². The van der Waals surface area contributed by atoms with Crippen molar-refractivity contribution < 1.29 is 18.5 Å². The fourth-order valence-corrected chi connectivity index (χ4v) is 5.16. The molecule has 0 radical (unpaired) electrons. The maximum absolute atomic E-state index is 12.6. The van der Waals surface area contributed by atoms with Crippen LogP contribution in [0.4, 0.5) is 5.69 Å². The zero-order valence-electron chi connectivity index (χ0n) is 16.6. The first-order valence-electron chi connectivity index (χ1n) is 10.2. The van der Waals surface area contributed by atoms with Crippen molar-refractivity contribution in [1.82, 2.24) is 4.31 Å². The lowest BCUT2D eigenvalue weighted by molar-refractivity contribution is -0.680. The van der Waals surface area contributed by atoms with Gasteiger partial charge in [0.25, 0.3) is 5.91 Å². The summed E-state index contributed by atoms with van der Waals surface area (Å²) in [5, 5.41) is 4.98. The Morgan fingerprint density at radius 2 is 1.74 bits per heavy atom. The number of anilines is 1. The van der Waals surface area contributed by atoms with Crippen LogP contribution in [0.3, 0.4) is 0 Å². The molecule has 1 amide bonds. The molecule has 3 N–H and O–H groups in total. The van der Waals surface area contributed by atoms with Crippen molar-refractivity contribution in [1.29, 1.82) is 0 Å². The second-order valence-electron chi connectivity index (χ2n) is 7.21. The van der Waals surface area contributed by atoms with Crippen LogP contribution in [0, 0.1) is 0 Å². The Morgan fingerprint density at radius 3 is 2.37 bits per heavy atom. The molecule has 152 valence electrons. The largest absolute Gasteiger partial charge is 0.336 e. The number of hydrogen-bond donors (Lipinski definition) is 2. The molecule has 0 heterocycles. The maximum atomic E-state index is 12.6. The van der Waals surface area contributed by atoms with Crippen molar-refractivity contribution in [3.63, 3.8) is 0 Å². The SMILES string of the molecule is CCN(CC)S(=O)(=O)c1cccc(NC(=O)C[NH2+]C2CCCCCCC2)c1. The molecule has 0 aliphatic heterocycles. The molecule has 0 atom stereocenters. The average molecular weight is 397 g/mol. The Labute approximate surface area is 163 Å². The van der Waals surface area contributed by atoms with E-state index >= 15 is 0 Å². The minimum atomic E-state index is -3.52. The Hall–Kier alpha value is -1.44. The van der Waals surface area contributed by atoms with Crippen LogP contribution in [0.25, 0.3) is 0 Å². The first kappa shape index (κ1) is 21.9. The Kier molecular flexibility index (Phi) is 8.73. The molecule has 1 aromatic carbocycles. The van der Waals surface area contributed by atoms with E-state index in [0.717, 1.165) is 0 Å². The molecule has 1 saturated carbocycles. The molecule has 1 fully saturated rings. The van der Waals surface area contributed by atoms with Gasteiger partial charge >= 0.3 is 0 Å². The molecular formula is C20H34N3O3S+. The van der Waals surface area contributed by atoms with Crippen molar-refractivity contribution in [3.8, 4) is 0 Å². The lowest BCUT2D eigenvalue weighted by Crippen LogP contribution is -2.91. The maximum Gasteiger partial charge on any atom is 0.279 e. The molecule has 1 aliphatic rings. The molecule has 0 aromatic heterocycles. The van der Waals surface area contributed by atoms with Gasteiger partial charge in [0.2, 0.25) is 10.0 Å². The third kappa shape index (κ3) is 6.59. The number of carbonyl (C=O) groups excluding carboxylic acids is 1. The van der Waals surface area contributed by atoms with Crippen LogP contribution in [0.15, 0.2) is 29.2 Å². The number of benzene rings is 1. The summed E-state index contributed by atoms with van der Waals surface area (Å²) >= 11 is 0. The molecule has 27 heavy (non-hydrogen) atoms. The Morgan fingerprint density at radius 1 is 1.11 bits per heavy atom. The van der Waals surface area contributed by atoms with Crippen molar-refractivity contribution in [2.75, 3.05) is 25.0 Å². The molecule has 0 spiro atoms. The third-order valence-corrected chi connectivity index (χ3v) is 7.29. The van der Waals surface area contributed by atoms with Gasteiger partial charge in [-0.1, -0.05) is 39.2 Å². The summed E-state index contributed by atoms with van der Waals surface area (Å²) in [5.74, 6) is -0.0885. The number of nitrogens with two attached hydrogens (primary N) is 1. The topological polar surface area (TPSA) is 83.1 Å². The number of nitrogens with one attached hydrogen (secondary N) is 1. The van der Waals surface area contributed by atoms with Crippen molar-refractivity contribution in [2.24, 2.45) is 0 Å². The standard InChI is InChI=1S/C20H33N3O3S/c1-3-23(4-2)27(25,26)19-14-10-13-18(15-19)22-20(24)16-21-17-11-8-6-5-7-9-12-17/h10,13-15,17,21H,3-9,11-12,16H2,1-2H3,(H,22,24)/p+1. The van der Waals surface area contributed by atoms with Gasteiger partial charge < -0.3 is 10.6 Å². The van der Waals surface area contributed by atoms with E-state index in [2.05, 4.69) is 10.6 Å². The highest BCUT2D eigenvalue weighted by Crippen LogP contribution is 2.19. The Bertz CT molecular complexity index is 694. The Balaban J connectivity index is 1.94. The highest BCUT2D eigenvalue weighted by atomic mass is 32.2. The summed E-state index contributed by atoms with van der Waals surface area (Å²) in [5.41, 5.74) is 0.527. The normalized spacial score (nSPS) is 16.7. The third-order valence-electron chi connectivity index (χ3n) is 5.25. The second kappa shape index (κ2) is 10.8. The zero-order valence-corrected chi connectivity index (χ0v) is 17.4. The average Bonchev–Trinajstić information content (AvgIpc) is 2.62. The van der Waals surface area contributed by atoms with Gasteiger partial charge in [0.1, 0.15) is 0 Å². The molecule has 7 heteroatoms. The number of nitrogens with zero attached hydrogens (tertiary/aromatic N) is 1. The molecule has 0 unspecified atom stereocenters. The van der Waals surface area contributed by atoms with Gasteiger partial charge in [0.15, 0.2) is 6.54 Å². The van der Waals surface area contributed by atoms with Gasteiger partial charge in [-0.2, -0.15) is 4.31 Å². The molecule has 0 saturated heterocycles. The van der Waals surface area contributed by atoms with Crippen LogP contribution in [0.5, 0.6) is 0 Å². The lowest BCUT2D eigenvalue weighted by Gasteiger charge is -2.19. The molecule has 0 bridgehead atoms. The molecule has 6 nitrogen and oxygen atoms in total. The molecule has 1 aromatic rings. The summed E-state index contributed by atoms with van der Waals surface area (Å²) in [7, 11) is -3.52. The lowest BCUT2D eigenvalue weighted by atomic mass is 9.97. The van der Waals surface area contributed by atoms with E-state index in [4.69, 9.17) is 0 Å². The fraction of sp³-hybridized carbons (Fsp3) is 0.650. The summed E-state index contributed by atoms with van der Waals surface area (Å²) in [4.78, 5) is 12.5. The number of sulfonamides is 1. The van der Waals surface area contributed by atoms with E-state index in [1.54, 1.807) is 24.3 Å². The van der Waals surface area contributed by atoms with Gasteiger partial charge in [0.05, 0.1) is 10.9 Å². The van der Waals surface area contributed by atoms with Crippen LogP contribution < -0.4 is 10.6 Å². The van der Waals surface area contributed by atoms with E-state index in [0.29, 0.717) is 31.4 Å². The van der Waals surface area contributed by atoms with E-state index in [1.807, 2.05) is 13.8 Å². The summed E-state index contributed by atoms with van der Waals surface area (Å²) in [6.07, 6.45) is 8.76. The predicted molar refractivity (Wildman–Crippen MR) is 108 cm³/mol. The second-order valence-corrected chi connectivity index (χ2v) is 9.15. The summed E-state index contributed by atoms with van der Waals surface area (Å²) < 4.78 is 26.7. The quantitative estimate of drug-likeness (QED) is 0.707. The predicted octanol–water partition coefficient (Wildman–Crippen LogP) is 2.33. The first-order valence-corrected chi connectivity index (χ1v) is 11.6. The van der Waals surface area contributed by atoms with Crippen LogP contribution in [0.2, 0.25) is 0 Å². The number of amides is 1. The van der Waals surface area contributed by atoms with Crippen molar-refractivity contribution >= 4 is 21.6 Å². The van der Waals surface area contributed by atoms with Crippen LogP contribution in [-0.4, -0.2) is 44.3 Å². The summed E-state index contributed by atoms with van der Waals surface area (Å²) in [6, 6.07) is 7.04.